The highest BCUT2D eigenvalue weighted by molar-refractivity contribution is 5.47. The molecule has 0 spiro atoms. The normalized spacial score (nSPS) is 10.8. The van der Waals surface area contributed by atoms with Crippen molar-refractivity contribution >= 4 is 5.82 Å². The van der Waals surface area contributed by atoms with Crippen molar-refractivity contribution in [3.05, 3.63) is 41.2 Å². The Bertz CT molecular complexity index is 594. The van der Waals surface area contributed by atoms with Crippen molar-refractivity contribution in [2.24, 2.45) is 0 Å². The second-order valence-electron chi connectivity index (χ2n) is 4.92. The zero-order chi connectivity index (χ0) is 14.0. The van der Waals surface area contributed by atoms with E-state index < -0.39 is 0 Å². The molecule has 0 radical (unpaired) electrons. The summed E-state index contributed by atoms with van der Waals surface area (Å²) in [7, 11) is 0. The fourth-order valence-electron chi connectivity index (χ4n) is 1.66. The molecule has 1 heterocycles. The third-order valence-electron chi connectivity index (χ3n) is 2.97. The topological polar surface area (TPSA) is 61.0 Å². The number of nitrogen functional groups attached to an aromatic ring is 1. The third kappa shape index (κ3) is 2.84. The van der Waals surface area contributed by atoms with Crippen LogP contribution in [0.5, 0.6) is 11.6 Å². The van der Waals surface area contributed by atoms with Crippen molar-refractivity contribution in [2.45, 2.75) is 33.6 Å². The predicted molar refractivity (Wildman–Crippen MR) is 76.5 cm³/mol. The first-order chi connectivity index (χ1) is 8.99. The minimum Gasteiger partial charge on any atom is -0.438 e. The SMILES string of the molecule is Cc1ccccc1Oc1nc(C(C)C)nc(N)c1C. The van der Waals surface area contributed by atoms with Crippen LogP contribution >= 0.6 is 0 Å². The van der Waals surface area contributed by atoms with Gasteiger partial charge in [0.2, 0.25) is 5.88 Å². The van der Waals surface area contributed by atoms with Crippen molar-refractivity contribution in [2.75, 3.05) is 5.73 Å². The molecule has 0 bridgehead atoms. The maximum Gasteiger partial charge on any atom is 0.227 e. The summed E-state index contributed by atoms with van der Waals surface area (Å²) in [4.78, 5) is 8.74. The Morgan fingerprint density at radius 2 is 1.79 bits per heavy atom. The van der Waals surface area contributed by atoms with Crippen LogP contribution in [0.2, 0.25) is 0 Å². The van der Waals surface area contributed by atoms with Gasteiger partial charge in [0.1, 0.15) is 17.4 Å². The largest absolute Gasteiger partial charge is 0.438 e. The van der Waals surface area contributed by atoms with Gasteiger partial charge in [-0.05, 0) is 25.5 Å². The van der Waals surface area contributed by atoms with E-state index in [2.05, 4.69) is 9.97 Å². The molecule has 19 heavy (non-hydrogen) atoms. The molecule has 0 aliphatic heterocycles. The number of rotatable bonds is 3. The highest BCUT2D eigenvalue weighted by Crippen LogP contribution is 2.29. The van der Waals surface area contributed by atoms with E-state index in [0.717, 1.165) is 16.9 Å². The fraction of sp³-hybridized carbons (Fsp3) is 0.333. The van der Waals surface area contributed by atoms with Gasteiger partial charge < -0.3 is 10.5 Å². The van der Waals surface area contributed by atoms with E-state index in [9.17, 15) is 0 Å². The summed E-state index contributed by atoms with van der Waals surface area (Å²) in [5, 5.41) is 0. The van der Waals surface area contributed by atoms with Gasteiger partial charge in [-0.3, -0.25) is 0 Å². The quantitative estimate of drug-likeness (QED) is 0.912. The Kier molecular flexibility index (Phi) is 3.69. The maximum atomic E-state index is 5.92. The van der Waals surface area contributed by atoms with Gasteiger partial charge in [0, 0.05) is 5.92 Å². The summed E-state index contributed by atoms with van der Waals surface area (Å²) in [6.45, 7) is 7.93. The molecule has 0 atom stereocenters. The monoisotopic (exact) mass is 257 g/mol. The van der Waals surface area contributed by atoms with E-state index in [1.807, 2.05) is 52.0 Å². The molecule has 1 aromatic carbocycles. The van der Waals surface area contributed by atoms with E-state index in [1.54, 1.807) is 0 Å². The smallest absolute Gasteiger partial charge is 0.227 e. The van der Waals surface area contributed by atoms with Crippen LogP contribution in [0.3, 0.4) is 0 Å². The number of aromatic nitrogens is 2. The van der Waals surface area contributed by atoms with Gasteiger partial charge in [0.15, 0.2) is 0 Å². The molecule has 0 saturated carbocycles. The van der Waals surface area contributed by atoms with Crippen molar-refractivity contribution < 1.29 is 4.74 Å². The van der Waals surface area contributed by atoms with Crippen LogP contribution in [0.1, 0.15) is 36.7 Å². The van der Waals surface area contributed by atoms with Crippen LogP contribution in [0.25, 0.3) is 0 Å². The summed E-state index contributed by atoms with van der Waals surface area (Å²) in [6, 6.07) is 7.83. The molecule has 0 amide bonds. The van der Waals surface area contributed by atoms with Crippen molar-refractivity contribution in [3.63, 3.8) is 0 Å². The first-order valence-corrected chi connectivity index (χ1v) is 6.36. The highest BCUT2D eigenvalue weighted by Gasteiger charge is 2.13. The Hall–Kier alpha value is -2.10. The van der Waals surface area contributed by atoms with E-state index in [-0.39, 0.29) is 5.92 Å². The predicted octanol–water partition coefficient (Wildman–Crippen LogP) is 3.59. The van der Waals surface area contributed by atoms with Crippen molar-refractivity contribution in [3.8, 4) is 11.6 Å². The molecule has 2 N–H and O–H groups in total. The van der Waals surface area contributed by atoms with Crippen LogP contribution in [-0.4, -0.2) is 9.97 Å². The molecule has 100 valence electrons. The molecule has 4 heteroatoms. The highest BCUT2D eigenvalue weighted by atomic mass is 16.5. The zero-order valence-corrected chi connectivity index (χ0v) is 11.8. The lowest BCUT2D eigenvalue weighted by Gasteiger charge is -2.13. The number of nitrogens with zero attached hydrogens (tertiary/aromatic N) is 2. The second-order valence-corrected chi connectivity index (χ2v) is 4.92. The number of aryl methyl sites for hydroxylation is 1. The molecule has 0 aliphatic rings. The molecule has 0 unspecified atom stereocenters. The van der Waals surface area contributed by atoms with Crippen LogP contribution in [-0.2, 0) is 0 Å². The Morgan fingerprint density at radius 1 is 1.11 bits per heavy atom. The Morgan fingerprint density at radius 3 is 2.42 bits per heavy atom. The fourth-order valence-corrected chi connectivity index (χ4v) is 1.66. The number of hydrogen-bond donors (Lipinski definition) is 1. The van der Waals surface area contributed by atoms with Crippen LogP contribution in [0.4, 0.5) is 5.82 Å². The molecular weight excluding hydrogens is 238 g/mol. The number of nitrogens with two attached hydrogens (primary N) is 1. The molecule has 1 aromatic heterocycles. The number of anilines is 1. The molecule has 0 aliphatic carbocycles. The van der Waals surface area contributed by atoms with E-state index in [0.29, 0.717) is 17.5 Å². The van der Waals surface area contributed by atoms with Crippen LogP contribution < -0.4 is 10.5 Å². The standard InChI is InChI=1S/C15H19N3O/c1-9(2)14-17-13(16)11(4)15(18-14)19-12-8-6-5-7-10(12)3/h5-9H,1-4H3,(H2,16,17,18). The number of para-hydroxylation sites is 1. The molecule has 2 rings (SSSR count). The van der Waals surface area contributed by atoms with Gasteiger partial charge in [0.05, 0.1) is 5.56 Å². The molecule has 4 nitrogen and oxygen atoms in total. The third-order valence-corrected chi connectivity index (χ3v) is 2.97. The lowest BCUT2D eigenvalue weighted by molar-refractivity contribution is 0.450. The summed E-state index contributed by atoms with van der Waals surface area (Å²) < 4.78 is 5.88. The maximum absolute atomic E-state index is 5.92. The van der Waals surface area contributed by atoms with Crippen LogP contribution in [0, 0.1) is 13.8 Å². The average Bonchev–Trinajstić information content (AvgIpc) is 2.37. The lowest BCUT2D eigenvalue weighted by Crippen LogP contribution is -2.06. The van der Waals surface area contributed by atoms with Gasteiger partial charge in [0.25, 0.3) is 0 Å². The van der Waals surface area contributed by atoms with Gasteiger partial charge >= 0.3 is 0 Å². The van der Waals surface area contributed by atoms with Crippen LogP contribution in [0.15, 0.2) is 24.3 Å². The summed E-state index contributed by atoms with van der Waals surface area (Å²) in [6.07, 6.45) is 0. The number of ether oxygens (including phenoxy) is 1. The summed E-state index contributed by atoms with van der Waals surface area (Å²) in [5.74, 6) is 2.71. The van der Waals surface area contributed by atoms with E-state index >= 15 is 0 Å². The van der Waals surface area contributed by atoms with E-state index in [1.165, 1.54) is 0 Å². The van der Waals surface area contributed by atoms with Gasteiger partial charge in [-0.2, -0.15) is 4.98 Å². The molecule has 2 aromatic rings. The molecule has 0 saturated heterocycles. The first-order valence-electron chi connectivity index (χ1n) is 6.36. The Balaban J connectivity index is 2.42. The summed E-state index contributed by atoms with van der Waals surface area (Å²) >= 11 is 0. The molecule has 0 fully saturated rings. The summed E-state index contributed by atoms with van der Waals surface area (Å²) in [5.41, 5.74) is 7.75. The van der Waals surface area contributed by atoms with Crippen molar-refractivity contribution in [1.82, 2.24) is 9.97 Å². The minimum absolute atomic E-state index is 0.210. The Labute approximate surface area is 113 Å². The zero-order valence-electron chi connectivity index (χ0n) is 11.8. The molecular formula is C15H19N3O. The first kappa shape index (κ1) is 13.3. The number of benzene rings is 1. The van der Waals surface area contributed by atoms with Gasteiger partial charge in [-0.25, -0.2) is 4.98 Å². The average molecular weight is 257 g/mol. The number of hydrogen-bond acceptors (Lipinski definition) is 4. The van der Waals surface area contributed by atoms with E-state index in [4.69, 9.17) is 10.5 Å². The van der Waals surface area contributed by atoms with Gasteiger partial charge in [-0.1, -0.05) is 32.0 Å². The van der Waals surface area contributed by atoms with Crippen molar-refractivity contribution in [1.29, 1.82) is 0 Å². The second kappa shape index (κ2) is 5.26. The minimum atomic E-state index is 0.210. The van der Waals surface area contributed by atoms with Gasteiger partial charge in [-0.15, -0.1) is 0 Å². The lowest BCUT2D eigenvalue weighted by atomic mass is 10.2.